The molecular weight excluding hydrogens is 294 g/mol. The molecule has 0 radical (unpaired) electrons. The van der Waals surface area contributed by atoms with Gasteiger partial charge < -0.3 is 10.5 Å². The van der Waals surface area contributed by atoms with E-state index in [1.54, 1.807) is 25.1 Å². The van der Waals surface area contributed by atoms with E-state index in [1.165, 1.54) is 18.2 Å². The summed E-state index contributed by atoms with van der Waals surface area (Å²) >= 11 is 5.86. The van der Waals surface area contributed by atoms with Gasteiger partial charge in [-0.05, 0) is 31.2 Å². The van der Waals surface area contributed by atoms with Crippen LogP contribution in [-0.2, 0) is 0 Å². The third kappa shape index (κ3) is 3.11. The van der Waals surface area contributed by atoms with E-state index in [0.717, 1.165) is 0 Å². The van der Waals surface area contributed by atoms with Crippen molar-refractivity contribution in [1.82, 2.24) is 0 Å². The number of halogens is 1. The number of nitrogen functional groups attached to an aromatic ring is 1. The minimum atomic E-state index is -0.476. The molecule has 0 spiro atoms. The molecule has 7 heteroatoms. The van der Waals surface area contributed by atoms with E-state index in [2.05, 4.69) is 0 Å². The monoisotopic (exact) mass is 305 g/mol. The Balaban J connectivity index is 2.46. The molecule has 21 heavy (non-hydrogen) atoms. The third-order valence-corrected chi connectivity index (χ3v) is 3.14. The molecule has 108 valence electrons. The molecule has 0 fully saturated rings. The van der Waals surface area contributed by atoms with Crippen LogP contribution >= 0.6 is 11.6 Å². The molecule has 6 nitrogen and oxygen atoms in total. The third-order valence-electron chi connectivity index (χ3n) is 2.90. The molecule has 2 rings (SSSR count). The Morgan fingerprint density at radius 2 is 2.05 bits per heavy atom. The molecule has 0 heterocycles. The average molecular weight is 306 g/mol. The highest BCUT2D eigenvalue weighted by molar-refractivity contribution is 6.31. The van der Waals surface area contributed by atoms with Gasteiger partial charge in [-0.2, -0.15) is 0 Å². The number of nitro groups is 1. The van der Waals surface area contributed by atoms with E-state index in [1.807, 2.05) is 0 Å². The lowest BCUT2D eigenvalue weighted by molar-refractivity contribution is -0.385. The zero-order chi connectivity index (χ0) is 15.6. The molecule has 0 saturated heterocycles. The van der Waals surface area contributed by atoms with Crippen LogP contribution in [-0.4, -0.2) is 10.8 Å². The number of nitrogens with two attached hydrogens (primary N) is 1. The van der Waals surface area contributed by atoms with E-state index in [4.69, 9.17) is 27.5 Å². The Hall–Kier alpha value is -2.60. The minimum absolute atomic E-state index is 0.0363. The van der Waals surface area contributed by atoms with E-state index in [0.29, 0.717) is 27.6 Å². The highest BCUT2D eigenvalue weighted by Crippen LogP contribution is 2.33. The second-order valence-corrected chi connectivity index (χ2v) is 4.75. The molecule has 0 atom stereocenters. The molecule has 0 unspecified atom stereocenters. The Bertz CT molecular complexity index is 731. The summed E-state index contributed by atoms with van der Waals surface area (Å²) in [6.07, 6.45) is 0. The predicted molar refractivity (Wildman–Crippen MR) is 80.4 cm³/mol. The summed E-state index contributed by atoms with van der Waals surface area (Å²) < 4.78 is 5.66. The zero-order valence-electron chi connectivity index (χ0n) is 11.1. The van der Waals surface area contributed by atoms with E-state index < -0.39 is 4.92 Å². The van der Waals surface area contributed by atoms with Crippen molar-refractivity contribution >= 4 is 23.1 Å². The first-order chi connectivity index (χ1) is 9.90. The van der Waals surface area contributed by atoms with E-state index >= 15 is 0 Å². The molecule has 0 saturated carbocycles. The van der Waals surface area contributed by atoms with Crippen LogP contribution in [0.4, 0.5) is 5.69 Å². The van der Waals surface area contributed by atoms with Gasteiger partial charge in [-0.1, -0.05) is 17.7 Å². The van der Waals surface area contributed by atoms with Gasteiger partial charge in [0.15, 0.2) is 0 Å². The highest BCUT2D eigenvalue weighted by Gasteiger charge is 2.16. The molecular formula is C14H12ClN3O3. The number of ether oxygens (including phenoxy) is 1. The van der Waals surface area contributed by atoms with Gasteiger partial charge in [-0.3, -0.25) is 15.5 Å². The summed E-state index contributed by atoms with van der Waals surface area (Å²) in [5, 5.41) is 18.9. The fourth-order valence-corrected chi connectivity index (χ4v) is 2.00. The van der Waals surface area contributed by atoms with Gasteiger partial charge in [0.25, 0.3) is 5.69 Å². The summed E-state index contributed by atoms with van der Waals surface area (Å²) in [4.78, 5) is 10.4. The summed E-state index contributed by atoms with van der Waals surface area (Å²) in [6, 6.07) is 9.21. The van der Waals surface area contributed by atoms with E-state index in [9.17, 15) is 10.1 Å². The molecule has 0 aliphatic rings. The highest BCUT2D eigenvalue weighted by atomic mass is 35.5. The molecule has 2 aromatic carbocycles. The van der Waals surface area contributed by atoms with Crippen molar-refractivity contribution < 1.29 is 9.66 Å². The van der Waals surface area contributed by atoms with Crippen LogP contribution in [0.15, 0.2) is 36.4 Å². The smallest absolute Gasteiger partial charge is 0.276 e. The van der Waals surface area contributed by atoms with Gasteiger partial charge in [0.1, 0.15) is 17.3 Å². The lowest BCUT2D eigenvalue weighted by Crippen LogP contribution is -2.12. The van der Waals surface area contributed by atoms with Gasteiger partial charge in [0.05, 0.1) is 16.1 Å². The van der Waals surface area contributed by atoms with Crippen LogP contribution in [0.1, 0.15) is 11.1 Å². The number of nitrogens with zero attached hydrogens (tertiary/aromatic N) is 1. The predicted octanol–water partition coefficient (Wildman–Crippen LogP) is 3.63. The zero-order valence-corrected chi connectivity index (χ0v) is 11.8. The lowest BCUT2D eigenvalue weighted by Gasteiger charge is -2.12. The van der Waals surface area contributed by atoms with Gasteiger partial charge in [0, 0.05) is 11.1 Å². The fourth-order valence-electron chi connectivity index (χ4n) is 1.83. The van der Waals surface area contributed by atoms with Crippen molar-refractivity contribution in [1.29, 1.82) is 5.41 Å². The van der Waals surface area contributed by atoms with Crippen LogP contribution in [0.5, 0.6) is 11.5 Å². The van der Waals surface area contributed by atoms with Crippen molar-refractivity contribution in [2.24, 2.45) is 5.73 Å². The summed E-state index contributed by atoms with van der Waals surface area (Å²) in [5.74, 6) is 0.445. The number of hydrogen-bond acceptors (Lipinski definition) is 4. The molecule has 0 amide bonds. The standard InChI is InChI=1S/C14H12ClN3O3/c1-8-11(18(19)20)3-2-4-12(8)21-13-6-5-9(15)7-10(13)14(16)17/h2-7H,1H3,(H3,16,17). The lowest BCUT2D eigenvalue weighted by atomic mass is 10.1. The molecule has 0 aliphatic carbocycles. The van der Waals surface area contributed by atoms with Crippen LogP contribution in [0.3, 0.4) is 0 Å². The normalized spacial score (nSPS) is 10.2. The molecule has 3 N–H and O–H groups in total. The second-order valence-electron chi connectivity index (χ2n) is 4.31. The Morgan fingerprint density at radius 3 is 2.67 bits per heavy atom. The summed E-state index contributed by atoms with van der Waals surface area (Å²) in [6.45, 7) is 1.59. The van der Waals surface area contributed by atoms with Gasteiger partial charge in [-0.25, -0.2) is 0 Å². The molecule has 0 aliphatic heterocycles. The topological polar surface area (TPSA) is 102 Å². The second kappa shape index (κ2) is 5.80. The molecule has 0 bridgehead atoms. The van der Waals surface area contributed by atoms with Crippen molar-refractivity contribution in [3.63, 3.8) is 0 Å². The van der Waals surface area contributed by atoms with Crippen LogP contribution in [0.25, 0.3) is 0 Å². The summed E-state index contributed by atoms with van der Waals surface area (Å²) in [7, 11) is 0. The fraction of sp³-hybridized carbons (Fsp3) is 0.0714. The Morgan fingerprint density at radius 1 is 1.33 bits per heavy atom. The number of hydrogen-bond donors (Lipinski definition) is 2. The maximum atomic E-state index is 10.9. The minimum Gasteiger partial charge on any atom is -0.456 e. The van der Waals surface area contributed by atoms with Crippen LogP contribution in [0.2, 0.25) is 5.02 Å². The van der Waals surface area contributed by atoms with E-state index in [-0.39, 0.29) is 11.5 Å². The SMILES string of the molecule is Cc1c(Oc2ccc(Cl)cc2C(=N)N)cccc1[N+](=O)[O-]. The van der Waals surface area contributed by atoms with Crippen LogP contribution < -0.4 is 10.5 Å². The van der Waals surface area contributed by atoms with Crippen molar-refractivity contribution in [2.75, 3.05) is 0 Å². The molecule has 2 aromatic rings. The number of rotatable bonds is 4. The first kappa shape index (κ1) is 14.8. The first-order valence-corrected chi connectivity index (χ1v) is 6.33. The van der Waals surface area contributed by atoms with Gasteiger partial charge in [0.2, 0.25) is 0 Å². The van der Waals surface area contributed by atoms with Gasteiger partial charge >= 0.3 is 0 Å². The Kier molecular flexibility index (Phi) is 4.09. The van der Waals surface area contributed by atoms with Crippen molar-refractivity contribution in [2.45, 2.75) is 6.92 Å². The largest absolute Gasteiger partial charge is 0.456 e. The number of benzene rings is 2. The maximum absolute atomic E-state index is 10.9. The van der Waals surface area contributed by atoms with Gasteiger partial charge in [-0.15, -0.1) is 0 Å². The average Bonchev–Trinajstić information content (AvgIpc) is 2.42. The van der Waals surface area contributed by atoms with Crippen molar-refractivity contribution in [3.05, 3.63) is 62.7 Å². The summed E-state index contributed by atoms with van der Waals surface area (Å²) in [5.41, 5.74) is 6.18. The quantitative estimate of drug-likeness (QED) is 0.389. The van der Waals surface area contributed by atoms with Crippen LogP contribution in [0, 0.1) is 22.4 Å². The first-order valence-electron chi connectivity index (χ1n) is 5.96. The number of nitro benzene ring substituents is 1. The Labute approximate surface area is 125 Å². The molecule has 0 aromatic heterocycles. The number of amidine groups is 1. The van der Waals surface area contributed by atoms with Crippen molar-refractivity contribution in [3.8, 4) is 11.5 Å². The number of nitrogens with one attached hydrogen (secondary N) is 1. The maximum Gasteiger partial charge on any atom is 0.276 e.